The topological polar surface area (TPSA) is 67.2 Å². The molecule has 1 aromatic heterocycles. The summed E-state index contributed by atoms with van der Waals surface area (Å²) in [6.45, 7) is 4.16. The summed E-state index contributed by atoms with van der Waals surface area (Å²) in [4.78, 5) is 11.7. The molecule has 2 amide bonds. The van der Waals surface area contributed by atoms with Crippen LogP contribution in [0.15, 0.2) is 41.1 Å². The smallest absolute Gasteiger partial charge is 0.326 e. The molecule has 0 spiro atoms. The second-order valence-electron chi connectivity index (χ2n) is 4.20. The molecule has 1 heterocycles. The highest BCUT2D eigenvalue weighted by atomic mass is 16.5. The minimum absolute atomic E-state index is 0.314. The van der Waals surface area contributed by atoms with E-state index in [4.69, 9.17) is 4.52 Å². The number of rotatable bonds is 3. The lowest BCUT2D eigenvalue weighted by atomic mass is 10.0. The number of hydrogen-bond acceptors (Lipinski definition) is 3. The Morgan fingerprint density at radius 2 is 2.00 bits per heavy atom. The summed E-state index contributed by atoms with van der Waals surface area (Å²) < 4.78 is 4.80. The quantitative estimate of drug-likeness (QED) is 0.870. The molecule has 0 radical (unpaired) electrons. The third-order valence-electron chi connectivity index (χ3n) is 2.51. The Labute approximate surface area is 105 Å². The van der Waals surface area contributed by atoms with E-state index in [0.717, 1.165) is 11.3 Å². The molecule has 0 atom stereocenters. The molecule has 18 heavy (non-hydrogen) atoms. The Morgan fingerprint density at radius 3 is 2.67 bits per heavy atom. The van der Waals surface area contributed by atoms with E-state index < -0.39 is 0 Å². The summed E-state index contributed by atoms with van der Waals surface area (Å²) in [5.41, 5.74) is 1.88. The van der Waals surface area contributed by atoms with Gasteiger partial charge in [0.25, 0.3) is 0 Å². The van der Waals surface area contributed by atoms with Crippen molar-refractivity contribution in [3.63, 3.8) is 0 Å². The lowest BCUT2D eigenvalue weighted by Gasteiger charge is -2.13. The van der Waals surface area contributed by atoms with Gasteiger partial charge in [-0.05, 0) is 17.5 Å². The van der Waals surface area contributed by atoms with Crippen molar-refractivity contribution in [2.75, 3.05) is 10.6 Å². The Hall–Kier alpha value is -2.30. The number of nitrogens with zero attached hydrogens (tertiary/aromatic N) is 1. The standard InChI is InChI=1S/C13H15N3O2/c1-9(2)10-5-3-4-6-11(10)15-13(17)16-12-7-8-14-18-12/h3-9H,1-2H3,(H2,15,16,17). The van der Waals surface area contributed by atoms with Gasteiger partial charge in [-0.1, -0.05) is 37.2 Å². The SMILES string of the molecule is CC(C)c1ccccc1NC(=O)Nc1ccno1. The summed E-state index contributed by atoms with van der Waals surface area (Å²) in [7, 11) is 0. The fourth-order valence-corrected chi connectivity index (χ4v) is 1.66. The molecule has 0 unspecified atom stereocenters. The van der Waals surface area contributed by atoms with Crippen LogP contribution in [0.25, 0.3) is 0 Å². The van der Waals surface area contributed by atoms with Crippen LogP contribution in [0, 0.1) is 0 Å². The zero-order chi connectivity index (χ0) is 13.0. The molecule has 0 aliphatic rings. The molecule has 2 rings (SSSR count). The summed E-state index contributed by atoms with van der Waals surface area (Å²) >= 11 is 0. The second kappa shape index (κ2) is 5.35. The molecule has 0 saturated carbocycles. The van der Waals surface area contributed by atoms with Gasteiger partial charge in [0, 0.05) is 11.8 Å². The Morgan fingerprint density at radius 1 is 1.22 bits per heavy atom. The number of amides is 2. The van der Waals surface area contributed by atoms with E-state index in [0.29, 0.717) is 11.8 Å². The number of nitrogens with one attached hydrogen (secondary N) is 2. The maximum Gasteiger partial charge on any atom is 0.326 e. The van der Waals surface area contributed by atoms with E-state index in [-0.39, 0.29) is 6.03 Å². The first-order valence-electron chi connectivity index (χ1n) is 5.74. The van der Waals surface area contributed by atoms with Gasteiger partial charge in [-0.3, -0.25) is 5.32 Å². The van der Waals surface area contributed by atoms with Gasteiger partial charge >= 0.3 is 6.03 Å². The van der Waals surface area contributed by atoms with Crippen molar-refractivity contribution >= 4 is 17.6 Å². The number of para-hydroxylation sites is 1. The van der Waals surface area contributed by atoms with Gasteiger partial charge in [-0.2, -0.15) is 0 Å². The first kappa shape index (κ1) is 12.2. The van der Waals surface area contributed by atoms with Gasteiger partial charge < -0.3 is 9.84 Å². The summed E-state index contributed by atoms with van der Waals surface area (Å²) in [5.74, 6) is 0.654. The third kappa shape index (κ3) is 2.88. The Balaban J connectivity index is 2.07. The first-order chi connectivity index (χ1) is 8.66. The third-order valence-corrected chi connectivity index (χ3v) is 2.51. The molecule has 1 aromatic carbocycles. The van der Waals surface area contributed by atoms with Gasteiger partial charge in [0.15, 0.2) is 0 Å². The highest BCUT2D eigenvalue weighted by molar-refractivity contribution is 5.99. The summed E-state index contributed by atoms with van der Waals surface area (Å²) in [6, 6.07) is 8.93. The van der Waals surface area contributed by atoms with Crippen LogP contribution in [-0.4, -0.2) is 11.2 Å². The van der Waals surface area contributed by atoms with Crippen molar-refractivity contribution in [2.24, 2.45) is 0 Å². The van der Waals surface area contributed by atoms with Crippen LogP contribution < -0.4 is 10.6 Å². The van der Waals surface area contributed by atoms with Crippen LogP contribution in [0.5, 0.6) is 0 Å². The minimum Gasteiger partial charge on any atom is -0.338 e. The van der Waals surface area contributed by atoms with E-state index in [1.807, 2.05) is 24.3 Å². The molecule has 0 aliphatic heterocycles. The summed E-state index contributed by atoms with van der Waals surface area (Å²) in [6.07, 6.45) is 1.47. The van der Waals surface area contributed by atoms with Gasteiger partial charge in [0.1, 0.15) is 0 Å². The molecule has 5 heteroatoms. The molecule has 94 valence electrons. The van der Waals surface area contributed by atoms with Crippen molar-refractivity contribution in [2.45, 2.75) is 19.8 Å². The fourth-order valence-electron chi connectivity index (χ4n) is 1.66. The van der Waals surface area contributed by atoms with Crippen molar-refractivity contribution in [3.8, 4) is 0 Å². The van der Waals surface area contributed by atoms with Crippen LogP contribution in [0.2, 0.25) is 0 Å². The number of aromatic nitrogens is 1. The predicted octanol–water partition coefficient (Wildman–Crippen LogP) is 3.44. The van der Waals surface area contributed by atoms with Crippen molar-refractivity contribution in [1.29, 1.82) is 0 Å². The van der Waals surface area contributed by atoms with Crippen LogP contribution in [-0.2, 0) is 0 Å². The van der Waals surface area contributed by atoms with E-state index in [1.54, 1.807) is 6.07 Å². The summed E-state index contributed by atoms with van der Waals surface area (Å²) in [5, 5.41) is 8.86. The lowest BCUT2D eigenvalue weighted by Crippen LogP contribution is -2.20. The number of carbonyl (C=O) groups is 1. The molecule has 2 aromatic rings. The number of benzene rings is 1. The monoisotopic (exact) mass is 245 g/mol. The molecule has 0 aliphatic carbocycles. The van der Waals surface area contributed by atoms with Crippen LogP contribution >= 0.6 is 0 Å². The molecule has 5 nitrogen and oxygen atoms in total. The van der Waals surface area contributed by atoms with E-state index >= 15 is 0 Å². The van der Waals surface area contributed by atoms with Gasteiger partial charge in [-0.15, -0.1) is 0 Å². The molecular formula is C13H15N3O2. The molecule has 2 N–H and O–H groups in total. The number of anilines is 2. The first-order valence-corrected chi connectivity index (χ1v) is 5.74. The molecular weight excluding hydrogens is 230 g/mol. The highest BCUT2D eigenvalue weighted by Crippen LogP contribution is 2.23. The van der Waals surface area contributed by atoms with Crippen LogP contribution in [0.3, 0.4) is 0 Å². The zero-order valence-corrected chi connectivity index (χ0v) is 10.3. The number of hydrogen-bond donors (Lipinski definition) is 2. The van der Waals surface area contributed by atoms with E-state index in [2.05, 4.69) is 29.6 Å². The van der Waals surface area contributed by atoms with Crippen molar-refractivity contribution in [1.82, 2.24) is 5.16 Å². The molecule has 0 fully saturated rings. The van der Waals surface area contributed by atoms with E-state index in [9.17, 15) is 4.79 Å². The Kier molecular flexibility index (Phi) is 3.62. The lowest BCUT2D eigenvalue weighted by molar-refractivity contribution is 0.261. The Bertz CT molecular complexity index is 521. The van der Waals surface area contributed by atoms with Crippen LogP contribution in [0.1, 0.15) is 25.3 Å². The normalized spacial score (nSPS) is 10.4. The second-order valence-corrected chi connectivity index (χ2v) is 4.20. The van der Waals surface area contributed by atoms with Gasteiger partial charge in [0.05, 0.1) is 6.20 Å². The highest BCUT2D eigenvalue weighted by Gasteiger charge is 2.09. The minimum atomic E-state index is -0.347. The fraction of sp³-hybridized carbons (Fsp3) is 0.231. The maximum absolute atomic E-state index is 11.7. The molecule has 0 saturated heterocycles. The van der Waals surface area contributed by atoms with Crippen molar-refractivity contribution < 1.29 is 9.32 Å². The number of carbonyl (C=O) groups excluding carboxylic acids is 1. The van der Waals surface area contributed by atoms with E-state index in [1.165, 1.54) is 6.20 Å². The largest absolute Gasteiger partial charge is 0.338 e. The average Bonchev–Trinajstić information content (AvgIpc) is 2.82. The molecule has 0 bridgehead atoms. The van der Waals surface area contributed by atoms with Crippen LogP contribution in [0.4, 0.5) is 16.4 Å². The number of urea groups is 1. The predicted molar refractivity (Wildman–Crippen MR) is 69.7 cm³/mol. The van der Waals surface area contributed by atoms with Crippen molar-refractivity contribution in [3.05, 3.63) is 42.1 Å². The zero-order valence-electron chi connectivity index (χ0n) is 10.3. The van der Waals surface area contributed by atoms with Gasteiger partial charge in [0.2, 0.25) is 5.88 Å². The maximum atomic E-state index is 11.7. The van der Waals surface area contributed by atoms with Gasteiger partial charge in [-0.25, -0.2) is 4.79 Å². The average molecular weight is 245 g/mol.